The highest BCUT2D eigenvalue weighted by atomic mass is 19.4. The molecule has 0 saturated carbocycles. The number of aliphatic carboxylic acids is 1. The molecule has 1 aromatic carbocycles. The summed E-state index contributed by atoms with van der Waals surface area (Å²) in [5.41, 5.74) is -2.90. The summed E-state index contributed by atoms with van der Waals surface area (Å²) >= 11 is 0. The number of likely N-dealkylation sites (tertiary alicyclic amines) is 1. The highest BCUT2D eigenvalue weighted by Crippen LogP contribution is 2.46. The summed E-state index contributed by atoms with van der Waals surface area (Å²) in [5.74, 6) is -2.66. The van der Waals surface area contributed by atoms with Crippen LogP contribution in [0.2, 0.25) is 0 Å². The first kappa shape index (κ1) is 16.2. The summed E-state index contributed by atoms with van der Waals surface area (Å²) in [4.78, 5) is 28.7. The first-order valence-electron chi connectivity index (χ1n) is 7.19. The van der Waals surface area contributed by atoms with Gasteiger partial charge in [0.05, 0.1) is 0 Å². The van der Waals surface area contributed by atoms with Crippen LogP contribution in [0, 0.1) is 5.41 Å². The Kier molecular flexibility index (Phi) is 3.70. The number of carboxylic acid groups (broad SMARTS) is 1. The number of aromatic nitrogens is 1. The van der Waals surface area contributed by atoms with Crippen molar-refractivity contribution in [2.45, 2.75) is 12.6 Å². The molecule has 8 heteroatoms. The maximum absolute atomic E-state index is 13.2. The summed E-state index contributed by atoms with van der Waals surface area (Å²) in [6.07, 6.45) is -4.19. The van der Waals surface area contributed by atoms with Gasteiger partial charge in [-0.3, -0.25) is 14.6 Å². The molecule has 0 radical (unpaired) electrons. The van der Waals surface area contributed by atoms with Crippen LogP contribution in [0.4, 0.5) is 13.2 Å². The van der Waals surface area contributed by atoms with Crippen LogP contribution in [0.5, 0.6) is 0 Å². The summed E-state index contributed by atoms with van der Waals surface area (Å²) in [5, 5.41) is 10.3. The molecule has 1 saturated heterocycles. The molecule has 0 spiro atoms. The Balaban J connectivity index is 1.96. The number of amides is 1. The third-order valence-electron chi connectivity index (χ3n) is 4.38. The summed E-state index contributed by atoms with van der Waals surface area (Å²) in [7, 11) is 0. The summed E-state index contributed by atoms with van der Waals surface area (Å²) < 4.78 is 39.7. The zero-order chi connectivity index (χ0) is 17.5. The highest BCUT2D eigenvalue weighted by Gasteiger charge is 2.64. The molecule has 1 N–H and O–H groups in total. The minimum absolute atomic E-state index is 0.0245. The molecule has 2 aromatic rings. The van der Waals surface area contributed by atoms with Crippen molar-refractivity contribution in [1.29, 1.82) is 0 Å². The number of rotatable bonds is 2. The van der Waals surface area contributed by atoms with E-state index >= 15 is 0 Å². The molecule has 0 aliphatic carbocycles. The number of alkyl halides is 3. The van der Waals surface area contributed by atoms with E-state index in [9.17, 15) is 22.8 Å². The normalized spacial score (nSPS) is 21.2. The van der Waals surface area contributed by atoms with Crippen molar-refractivity contribution in [2.24, 2.45) is 5.41 Å². The standard InChI is InChI=1S/C16H13F3N2O3/c17-16(18,19)15(14(23)24)6-8-21(9-15)13(22)12-11-4-2-1-3-10(11)5-7-20-12/h1-5,7H,6,8-9H2,(H,23,24)/t15-/m0/s1. The smallest absolute Gasteiger partial charge is 0.406 e. The summed E-state index contributed by atoms with van der Waals surface area (Å²) in [6, 6.07) is 8.57. The molecule has 1 aliphatic heterocycles. The number of carbonyl (C=O) groups excluding carboxylic acids is 1. The van der Waals surface area contributed by atoms with Gasteiger partial charge in [-0.2, -0.15) is 13.2 Å². The number of halogens is 3. The van der Waals surface area contributed by atoms with Crippen molar-refractivity contribution in [1.82, 2.24) is 9.88 Å². The first-order chi connectivity index (χ1) is 11.3. The van der Waals surface area contributed by atoms with Crippen molar-refractivity contribution >= 4 is 22.6 Å². The number of nitrogens with zero attached hydrogens (tertiary/aromatic N) is 2. The van der Waals surface area contributed by atoms with Gasteiger partial charge in [0.1, 0.15) is 5.69 Å². The van der Waals surface area contributed by atoms with Gasteiger partial charge in [-0.25, -0.2) is 0 Å². The highest BCUT2D eigenvalue weighted by molar-refractivity contribution is 6.05. The molecule has 1 atom stereocenters. The van der Waals surface area contributed by atoms with Crippen molar-refractivity contribution in [3.05, 3.63) is 42.2 Å². The van der Waals surface area contributed by atoms with Gasteiger partial charge >= 0.3 is 12.1 Å². The van der Waals surface area contributed by atoms with Crippen molar-refractivity contribution in [2.75, 3.05) is 13.1 Å². The molecule has 1 amide bonds. The number of benzene rings is 1. The van der Waals surface area contributed by atoms with Crippen LogP contribution < -0.4 is 0 Å². The van der Waals surface area contributed by atoms with Crippen molar-refractivity contribution < 1.29 is 27.9 Å². The molecule has 0 bridgehead atoms. The number of carbonyl (C=O) groups is 2. The first-order valence-corrected chi connectivity index (χ1v) is 7.19. The Hall–Kier alpha value is -2.64. The third kappa shape index (κ3) is 2.38. The molecule has 3 rings (SSSR count). The minimum atomic E-state index is -4.93. The monoisotopic (exact) mass is 338 g/mol. The molecule has 2 heterocycles. The van der Waals surface area contributed by atoms with Gasteiger partial charge in [0.25, 0.3) is 5.91 Å². The second-order valence-electron chi connectivity index (χ2n) is 5.74. The topological polar surface area (TPSA) is 70.5 Å². The lowest BCUT2D eigenvalue weighted by Crippen LogP contribution is -2.47. The Morgan fingerprint density at radius 2 is 1.92 bits per heavy atom. The zero-order valence-corrected chi connectivity index (χ0v) is 12.4. The van der Waals surface area contributed by atoms with E-state index < -0.39 is 36.4 Å². The second-order valence-corrected chi connectivity index (χ2v) is 5.74. The fraction of sp³-hybridized carbons (Fsp3) is 0.312. The predicted octanol–water partition coefficient (Wildman–Crippen LogP) is 2.71. The average molecular weight is 338 g/mol. The minimum Gasteiger partial charge on any atom is -0.481 e. The van der Waals surface area contributed by atoms with E-state index in [0.717, 1.165) is 10.3 Å². The van der Waals surface area contributed by atoms with E-state index in [-0.39, 0.29) is 12.2 Å². The zero-order valence-electron chi connectivity index (χ0n) is 12.4. The molecular formula is C16H13F3N2O3. The fourth-order valence-corrected chi connectivity index (χ4v) is 2.95. The quantitative estimate of drug-likeness (QED) is 0.914. The van der Waals surface area contributed by atoms with E-state index in [2.05, 4.69) is 4.98 Å². The van der Waals surface area contributed by atoms with Gasteiger partial charge < -0.3 is 10.0 Å². The second kappa shape index (κ2) is 5.47. The Morgan fingerprint density at radius 1 is 1.21 bits per heavy atom. The van der Waals surface area contributed by atoms with Crippen LogP contribution >= 0.6 is 0 Å². The lowest BCUT2D eigenvalue weighted by atomic mass is 9.86. The number of hydrogen-bond acceptors (Lipinski definition) is 3. The van der Waals surface area contributed by atoms with Gasteiger partial charge in [-0.1, -0.05) is 24.3 Å². The molecule has 0 unspecified atom stereocenters. The van der Waals surface area contributed by atoms with Crippen LogP contribution in [-0.4, -0.2) is 46.1 Å². The van der Waals surface area contributed by atoms with Gasteiger partial charge in [0.2, 0.25) is 0 Å². The van der Waals surface area contributed by atoms with E-state index in [0.29, 0.717) is 5.39 Å². The number of pyridine rings is 1. The third-order valence-corrected chi connectivity index (χ3v) is 4.38. The largest absolute Gasteiger partial charge is 0.481 e. The predicted molar refractivity (Wildman–Crippen MR) is 78.4 cm³/mol. The molecular weight excluding hydrogens is 325 g/mol. The van der Waals surface area contributed by atoms with E-state index in [1.807, 2.05) is 0 Å². The Labute approximate surface area is 134 Å². The van der Waals surface area contributed by atoms with E-state index in [1.54, 1.807) is 30.3 Å². The van der Waals surface area contributed by atoms with Gasteiger partial charge in [-0.15, -0.1) is 0 Å². The lowest BCUT2D eigenvalue weighted by Gasteiger charge is -2.27. The number of carboxylic acids is 1. The summed E-state index contributed by atoms with van der Waals surface area (Å²) in [6.45, 7) is -1.19. The molecule has 1 aromatic heterocycles. The Bertz CT molecular complexity index is 816. The lowest BCUT2D eigenvalue weighted by molar-refractivity contribution is -0.227. The fourth-order valence-electron chi connectivity index (χ4n) is 2.95. The van der Waals surface area contributed by atoms with Crippen LogP contribution in [0.1, 0.15) is 16.9 Å². The SMILES string of the molecule is O=C(c1nccc2ccccc12)N1CC[C@](C(=O)O)(C(F)(F)F)C1. The van der Waals surface area contributed by atoms with Gasteiger partial charge in [-0.05, 0) is 17.9 Å². The van der Waals surface area contributed by atoms with Crippen molar-refractivity contribution in [3.8, 4) is 0 Å². The maximum atomic E-state index is 13.2. The number of hydrogen-bond donors (Lipinski definition) is 1. The molecule has 1 fully saturated rings. The number of fused-ring (bicyclic) bond motifs is 1. The van der Waals surface area contributed by atoms with Crippen LogP contribution in [0.15, 0.2) is 36.5 Å². The Morgan fingerprint density at radius 3 is 2.54 bits per heavy atom. The molecule has 126 valence electrons. The van der Waals surface area contributed by atoms with Gasteiger partial charge in [0.15, 0.2) is 5.41 Å². The van der Waals surface area contributed by atoms with Crippen LogP contribution in [0.3, 0.4) is 0 Å². The van der Waals surface area contributed by atoms with E-state index in [4.69, 9.17) is 5.11 Å². The van der Waals surface area contributed by atoms with Gasteiger partial charge in [0, 0.05) is 24.7 Å². The maximum Gasteiger partial charge on any atom is 0.406 e. The molecule has 1 aliphatic rings. The van der Waals surface area contributed by atoms with E-state index in [1.165, 1.54) is 6.20 Å². The molecule has 24 heavy (non-hydrogen) atoms. The van der Waals surface area contributed by atoms with Crippen LogP contribution in [-0.2, 0) is 4.79 Å². The molecule has 5 nitrogen and oxygen atoms in total. The average Bonchev–Trinajstić information content (AvgIpc) is 3.00. The van der Waals surface area contributed by atoms with Crippen LogP contribution in [0.25, 0.3) is 10.8 Å². The van der Waals surface area contributed by atoms with Crippen molar-refractivity contribution in [3.63, 3.8) is 0 Å².